The van der Waals surface area contributed by atoms with Crippen molar-refractivity contribution in [1.82, 2.24) is 0 Å². The molecule has 2 rings (SSSR count). The fourth-order valence-corrected chi connectivity index (χ4v) is 1.48. The van der Waals surface area contributed by atoms with Crippen molar-refractivity contribution in [2.45, 2.75) is 6.92 Å². The van der Waals surface area contributed by atoms with Crippen LogP contribution in [-0.4, -0.2) is 0 Å². The summed E-state index contributed by atoms with van der Waals surface area (Å²) in [7, 11) is 0. The van der Waals surface area contributed by atoms with Gasteiger partial charge < -0.3 is 4.74 Å². The van der Waals surface area contributed by atoms with E-state index in [-0.39, 0.29) is 17.1 Å². The molecular weight excluding hydrogens is 236 g/mol. The first-order valence-electron chi connectivity index (χ1n) is 5.24. The van der Waals surface area contributed by atoms with Gasteiger partial charge in [-0.3, -0.25) is 0 Å². The zero-order valence-corrected chi connectivity index (χ0v) is 9.58. The van der Waals surface area contributed by atoms with E-state index < -0.39 is 11.6 Å². The first kappa shape index (κ1) is 12.1. The van der Waals surface area contributed by atoms with E-state index in [0.717, 1.165) is 23.8 Å². The van der Waals surface area contributed by atoms with Gasteiger partial charge in [-0.25, -0.2) is 8.78 Å². The maximum atomic E-state index is 13.4. The average molecular weight is 245 g/mol. The summed E-state index contributed by atoms with van der Waals surface area (Å²) in [6.07, 6.45) is 0. The van der Waals surface area contributed by atoms with Crippen molar-refractivity contribution in [3.8, 4) is 17.6 Å². The monoisotopic (exact) mass is 245 g/mol. The minimum atomic E-state index is -0.679. The number of aryl methyl sites for hydroxylation is 1. The largest absolute Gasteiger partial charge is 0.453 e. The van der Waals surface area contributed by atoms with Crippen molar-refractivity contribution >= 4 is 0 Å². The summed E-state index contributed by atoms with van der Waals surface area (Å²) < 4.78 is 31.7. The molecule has 0 heterocycles. The topological polar surface area (TPSA) is 33.0 Å². The second-order valence-electron chi connectivity index (χ2n) is 3.79. The maximum absolute atomic E-state index is 13.4. The van der Waals surface area contributed by atoms with Gasteiger partial charge in [0.2, 0.25) is 0 Å². The molecule has 2 nitrogen and oxygen atoms in total. The van der Waals surface area contributed by atoms with Crippen molar-refractivity contribution in [3.05, 3.63) is 59.2 Å². The van der Waals surface area contributed by atoms with Gasteiger partial charge in [-0.15, -0.1) is 0 Å². The Hall–Kier alpha value is -2.41. The summed E-state index contributed by atoms with van der Waals surface area (Å²) in [6.45, 7) is 1.82. The highest BCUT2D eigenvalue weighted by atomic mass is 19.1. The van der Waals surface area contributed by atoms with E-state index in [4.69, 9.17) is 10.00 Å². The first-order valence-corrected chi connectivity index (χ1v) is 5.24. The van der Waals surface area contributed by atoms with Crippen LogP contribution in [-0.2, 0) is 0 Å². The summed E-state index contributed by atoms with van der Waals surface area (Å²) in [5, 5.41) is 8.91. The minimum absolute atomic E-state index is 0.210. The molecular formula is C14H9F2NO. The molecule has 4 heteroatoms. The van der Waals surface area contributed by atoms with E-state index in [1.807, 2.05) is 13.0 Å². The fraction of sp³-hybridized carbons (Fsp3) is 0.0714. The number of nitriles is 1. The molecule has 0 atom stereocenters. The Morgan fingerprint density at radius 3 is 2.56 bits per heavy atom. The van der Waals surface area contributed by atoms with Crippen molar-refractivity contribution in [2.75, 3.05) is 0 Å². The van der Waals surface area contributed by atoms with Gasteiger partial charge in [0.25, 0.3) is 0 Å². The molecule has 0 radical (unpaired) electrons. The molecule has 0 fully saturated rings. The van der Waals surface area contributed by atoms with Crippen LogP contribution in [0.3, 0.4) is 0 Å². The van der Waals surface area contributed by atoms with Gasteiger partial charge in [0, 0.05) is 6.07 Å². The SMILES string of the molecule is Cc1ccc(C#N)c(Oc2cc(F)ccc2F)c1. The van der Waals surface area contributed by atoms with Crippen LogP contribution in [0.2, 0.25) is 0 Å². The normalized spacial score (nSPS) is 9.89. The molecule has 2 aromatic carbocycles. The van der Waals surface area contributed by atoms with Gasteiger partial charge in [0.1, 0.15) is 17.6 Å². The number of hydrogen-bond donors (Lipinski definition) is 0. The van der Waals surface area contributed by atoms with E-state index in [9.17, 15) is 8.78 Å². The van der Waals surface area contributed by atoms with Crippen LogP contribution >= 0.6 is 0 Å². The predicted octanol–water partition coefficient (Wildman–Crippen LogP) is 3.94. The molecule has 0 saturated carbocycles. The van der Waals surface area contributed by atoms with Gasteiger partial charge in [0.05, 0.1) is 5.56 Å². The summed E-state index contributed by atoms with van der Waals surface area (Å²) in [5.74, 6) is -1.31. The lowest BCUT2D eigenvalue weighted by molar-refractivity contribution is 0.435. The molecule has 0 bridgehead atoms. The third-order valence-corrected chi connectivity index (χ3v) is 2.37. The number of halogens is 2. The Bertz CT molecular complexity index is 632. The second-order valence-corrected chi connectivity index (χ2v) is 3.79. The van der Waals surface area contributed by atoms with Crippen molar-refractivity contribution < 1.29 is 13.5 Å². The molecule has 90 valence electrons. The van der Waals surface area contributed by atoms with Crippen molar-refractivity contribution in [2.24, 2.45) is 0 Å². The van der Waals surface area contributed by atoms with Crippen LogP contribution in [0.15, 0.2) is 36.4 Å². The minimum Gasteiger partial charge on any atom is -0.453 e. The Morgan fingerprint density at radius 1 is 1.06 bits per heavy atom. The fourth-order valence-electron chi connectivity index (χ4n) is 1.48. The number of ether oxygens (including phenoxy) is 1. The summed E-state index contributed by atoms with van der Waals surface area (Å²) in [5.41, 5.74) is 1.13. The van der Waals surface area contributed by atoms with E-state index in [1.54, 1.807) is 18.2 Å². The van der Waals surface area contributed by atoms with E-state index in [2.05, 4.69) is 0 Å². The maximum Gasteiger partial charge on any atom is 0.166 e. The summed E-state index contributed by atoms with van der Waals surface area (Å²) in [4.78, 5) is 0. The Labute approximate surface area is 103 Å². The molecule has 0 amide bonds. The third-order valence-electron chi connectivity index (χ3n) is 2.37. The molecule has 0 aliphatic heterocycles. The highest BCUT2D eigenvalue weighted by molar-refractivity contribution is 5.47. The van der Waals surface area contributed by atoms with Gasteiger partial charge >= 0.3 is 0 Å². The van der Waals surface area contributed by atoms with E-state index in [1.165, 1.54) is 0 Å². The Balaban J connectivity index is 2.43. The molecule has 0 aliphatic carbocycles. The molecule has 0 unspecified atom stereocenters. The van der Waals surface area contributed by atoms with Gasteiger partial charge in [-0.2, -0.15) is 5.26 Å². The quantitative estimate of drug-likeness (QED) is 0.802. The number of nitrogens with zero attached hydrogens (tertiary/aromatic N) is 1. The van der Waals surface area contributed by atoms with Crippen LogP contribution in [0, 0.1) is 29.9 Å². The molecule has 2 aromatic rings. The number of benzene rings is 2. The van der Waals surface area contributed by atoms with Gasteiger partial charge in [-0.1, -0.05) is 6.07 Å². The van der Waals surface area contributed by atoms with Crippen molar-refractivity contribution in [3.63, 3.8) is 0 Å². The lowest BCUT2D eigenvalue weighted by atomic mass is 10.1. The highest BCUT2D eigenvalue weighted by Crippen LogP contribution is 2.28. The van der Waals surface area contributed by atoms with Crippen LogP contribution in [0.1, 0.15) is 11.1 Å². The zero-order valence-electron chi connectivity index (χ0n) is 9.58. The standard InChI is InChI=1S/C14H9F2NO/c1-9-2-3-10(8-17)13(6-9)18-14-7-11(15)4-5-12(14)16/h2-7H,1H3. The van der Waals surface area contributed by atoms with Crippen LogP contribution in [0.25, 0.3) is 0 Å². The van der Waals surface area contributed by atoms with Crippen LogP contribution in [0.5, 0.6) is 11.5 Å². The van der Waals surface area contributed by atoms with Gasteiger partial charge in [-0.05, 0) is 36.8 Å². The Morgan fingerprint density at radius 2 is 1.83 bits per heavy atom. The van der Waals surface area contributed by atoms with Crippen LogP contribution < -0.4 is 4.74 Å². The summed E-state index contributed by atoms with van der Waals surface area (Å²) in [6, 6.07) is 9.78. The lowest BCUT2D eigenvalue weighted by Crippen LogP contribution is -1.92. The first-order chi connectivity index (χ1) is 8.60. The molecule has 0 N–H and O–H groups in total. The molecule has 0 aromatic heterocycles. The average Bonchev–Trinajstić information content (AvgIpc) is 2.34. The summed E-state index contributed by atoms with van der Waals surface area (Å²) >= 11 is 0. The Kier molecular flexibility index (Phi) is 3.24. The zero-order chi connectivity index (χ0) is 13.1. The number of rotatable bonds is 2. The number of hydrogen-bond acceptors (Lipinski definition) is 2. The van der Waals surface area contributed by atoms with E-state index in [0.29, 0.717) is 0 Å². The third kappa shape index (κ3) is 2.46. The molecule has 0 spiro atoms. The predicted molar refractivity (Wildman–Crippen MR) is 62.3 cm³/mol. The molecule has 18 heavy (non-hydrogen) atoms. The second kappa shape index (κ2) is 4.84. The van der Waals surface area contributed by atoms with Crippen molar-refractivity contribution in [1.29, 1.82) is 5.26 Å². The molecule has 0 aliphatic rings. The smallest absolute Gasteiger partial charge is 0.166 e. The van der Waals surface area contributed by atoms with Crippen LogP contribution in [0.4, 0.5) is 8.78 Å². The van der Waals surface area contributed by atoms with Gasteiger partial charge in [0.15, 0.2) is 11.6 Å². The van der Waals surface area contributed by atoms with E-state index >= 15 is 0 Å². The molecule has 0 saturated heterocycles. The highest BCUT2D eigenvalue weighted by Gasteiger charge is 2.10. The lowest BCUT2D eigenvalue weighted by Gasteiger charge is -2.09.